The second-order valence-electron chi connectivity index (χ2n) is 5.44. The summed E-state index contributed by atoms with van der Waals surface area (Å²) in [6.45, 7) is 7.61. The predicted molar refractivity (Wildman–Crippen MR) is 94.9 cm³/mol. The second kappa shape index (κ2) is 9.46. The van der Waals surface area contributed by atoms with E-state index in [0.29, 0.717) is 43.4 Å². The minimum atomic E-state index is -0.728. The van der Waals surface area contributed by atoms with Crippen molar-refractivity contribution < 1.29 is 19.1 Å². The van der Waals surface area contributed by atoms with Gasteiger partial charge in [-0.1, -0.05) is 12.7 Å². The molecule has 134 valence electrons. The largest absolute Gasteiger partial charge is 0.490 e. The number of carbonyl (C=O) groups is 2. The van der Waals surface area contributed by atoms with E-state index in [1.807, 2.05) is 6.92 Å². The third kappa shape index (κ3) is 5.34. The van der Waals surface area contributed by atoms with Gasteiger partial charge in [-0.15, -0.1) is 0 Å². The molecule has 1 aromatic carbocycles. The zero-order valence-electron chi connectivity index (χ0n) is 14.4. The average molecular weight is 345 g/mol. The lowest BCUT2D eigenvalue weighted by atomic mass is 10.2. The van der Waals surface area contributed by atoms with Crippen LogP contribution in [0.5, 0.6) is 11.5 Å². The molecule has 2 amide bonds. The number of benzene rings is 1. The quantitative estimate of drug-likeness (QED) is 0.353. The lowest BCUT2D eigenvalue weighted by Gasteiger charge is -2.13. The molecule has 25 heavy (non-hydrogen) atoms. The zero-order valence-corrected chi connectivity index (χ0v) is 14.4. The van der Waals surface area contributed by atoms with Crippen LogP contribution in [0.4, 0.5) is 0 Å². The Kier molecular flexibility index (Phi) is 7.00. The number of nitrogens with zero attached hydrogens (tertiary/aromatic N) is 2. The summed E-state index contributed by atoms with van der Waals surface area (Å²) in [6, 6.07) is 5.28. The maximum absolute atomic E-state index is 11.9. The maximum atomic E-state index is 11.9. The first-order chi connectivity index (χ1) is 12.2. The van der Waals surface area contributed by atoms with Crippen LogP contribution in [0.15, 0.2) is 36.0 Å². The van der Waals surface area contributed by atoms with Gasteiger partial charge < -0.3 is 14.4 Å². The third-order valence-corrected chi connectivity index (χ3v) is 3.59. The SMILES string of the molecule is C=CCOc1ccc(C=NNC(=O)C(=O)N2CCCC2)cc1OCC. The van der Waals surface area contributed by atoms with Crippen molar-refractivity contribution in [2.24, 2.45) is 5.10 Å². The number of hydrazone groups is 1. The topological polar surface area (TPSA) is 80.2 Å². The fourth-order valence-electron chi connectivity index (χ4n) is 2.42. The highest BCUT2D eigenvalue weighted by Crippen LogP contribution is 2.28. The maximum Gasteiger partial charge on any atom is 0.329 e. The summed E-state index contributed by atoms with van der Waals surface area (Å²) in [4.78, 5) is 25.2. The van der Waals surface area contributed by atoms with Gasteiger partial charge in [0.05, 0.1) is 12.8 Å². The van der Waals surface area contributed by atoms with Crippen molar-refractivity contribution >= 4 is 18.0 Å². The van der Waals surface area contributed by atoms with Crippen LogP contribution >= 0.6 is 0 Å². The van der Waals surface area contributed by atoms with E-state index in [4.69, 9.17) is 9.47 Å². The summed E-state index contributed by atoms with van der Waals surface area (Å²) in [5.74, 6) is -0.0909. The van der Waals surface area contributed by atoms with Crippen molar-refractivity contribution in [3.63, 3.8) is 0 Å². The first kappa shape index (κ1) is 18.5. The second-order valence-corrected chi connectivity index (χ2v) is 5.44. The molecule has 0 spiro atoms. The van der Waals surface area contributed by atoms with Crippen molar-refractivity contribution in [2.45, 2.75) is 19.8 Å². The van der Waals surface area contributed by atoms with Crippen LogP contribution in [0.1, 0.15) is 25.3 Å². The number of hydrogen-bond acceptors (Lipinski definition) is 5. The van der Waals surface area contributed by atoms with Crippen LogP contribution < -0.4 is 14.9 Å². The molecule has 1 heterocycles. The van der Waals surface area contributed by atoms with E-state index in [1.54, 1.807) is 24.3 Å². The van der Waals surface area contributed by atoms with Crippen molar-refractivity contribution in [1.82, 2.24) is 10.3 Å². The van der Waals surface area contributed by atoms with Crippen molar-refractivity contribution in [2.75, 3.05) is 26.3 Å². The van der Waals surface area contributed by atoms with E-state index in [1.165, 1.54) is 11.1 Å². The zero-order chi connectivity index (χ0) is 18.1. The number of nitrogens with one attached hydrogen (secondary N) is 1. The summed E-state index contributed by atoms with van der Waals surface area (Å²) in [6.07, 6.45) is 4.97. The monoisotopic (exact) mass is 345 g/mol. The van der Waals surface area contributed by atoms with Gasteiger partial charge in [0, 0.05) is 13.1 Å². The molecule has 0 aromatic heterocycles. The molecule has 1 aliphatic rings. The molecule has 0 atom stereocenters. The Bertz CT molecular complexity index is 652. The van der Waals surface area contributed by atoms with Crippen LogP contribution in [0.3, 0.4) is 0 Å². The predicted octanol–water partition coefficient (Wildman–Crippen LogP) is 1.72. The summed E-state index contributed by atoms with van der Waals surface area (Å²) >= 11 is 0. The number of rotatable bonds is 7. The van der Waals surface area contributed by atoms with Crippen LogP contribution in [-0.4, -0.2) is 49.2 Å². The van der Waals surface area contributed by atoms with E-state index in [-0.39, 0.29) is 0 Å². The highest BCUT2D eigenvalue weighted by Gasteiger charge is 2.23. The van der Waals surface area contributed by atoms with Gasteiger partial charge in [0.25, 0.3) is 0 Å². The van der Waals surface area contributed by atoms with Gasteiger partial charge in [-0.25, -0.2) is 5.43 Å². The number of ether oxygens (including phenoxy) is 2. The lowest BCUT2D eigenvalue weighted by Crippen LogP contribution is -2.39. The Morgan fingerprint density at radius 1 is 1.28 bits per heavy atom. The van der Waals surface area contributed by atoms with Gasteiger partial charge in [-0.2, -0.15) is 5.10 Å². The van der Waals surface area contributed by atoms with Crippen LogP contribution in [0.2, 0.25) is 0 Å². The Hall–Kier alpha value is -2.83. The van der Waals surface area contributed by atoms with Gasteiger partial charge in [0.2, 0.25) is 0 Å². The lowest BCUT2D eigenvalue weighted by molar-refractivity contribution is -0.145. The molecule has 0 unspecified atom stereocenters. The molecular weight excluding hydrogens is 322 g/mol. The molecule has 1 N–H and O–H groups in total. The van der Waals surface area contributed by atoms with Crippen LogP contribution in [0, 0.1) is 0 Å². The van der Waals surface area contributed by atoms with E-state index >= 15 is 0 Å². The molecule has 1 aromatic rings. The molecule has 1 aliphatic heterocycles. The normalized spacial score (nSPS) is 13.7. The molecule has 7 heteroatoms. The van der Waals surface area contributed by atoms with Gasteiger partial charge in [0.1, 0.15) is 6.61 Å². The summed E-state index contributed by atoms with van der Waals surface area (Å²) in [7, 11) is 0. The Morgan fingerprint density at radius 2 is 2.04 bits per heavy atom. The fourth-order valence-corrected chi connectivity index (χ4v) is 2.42. The van der Waals surface area contributed by atoms with E-state index in [0.717, 1.165) is 12.8 Å². The van der Waals surface area contributed by atoms with E-state index in [9.17, 15) is 9.59 Å². The smallest absolute Gasteiger partial charge is 0.329 e. The minimum absolute atomic E-state index is 0.377. The van der Waals surface area contributed by atoms with E-state index < -0.39 is 11.8 Å². The third-order valence-electron chi connectivity index (χ3n) is 3.59. The molecule has 0 saturated carbocycles. The molecule has 2 rings (SSSR count). The Balaban J connectivity index is 1.97. The Morgan fingerprint density at radius 3 is 2.72 bits per heavy atom. The Labute approximate surface area is 147 Å². The summed E-state index contributed by atoms with van der Waals surface area (Å²) < 4.78 is 11.1. The molecule has 0 bridgehead atoms. The molecule has 7 nitrogen and oxygen atoms in total. The number of hydrogen-bond donors (Lipinski definition) is 1. The van der Waals surface area contributed by atoms with Gasteiger partial charge in [-0.05, 0) is 43.5 Å². The highest BCUT2D eigenvalue weighted by atomic mass is 16.5. The highest BCUT2D eigenvalue weighted by molar-refractivity contribution is 6.35. The number of amides is 2. The van der Waals surface area contributed by atoms with Gasteiger partial charge in [0.15, 0.2) is 11.5 Å². The molecule has 0 radical (unpaired) electrons. The van der Waals surface area contributed by atoms with Crippen molar-refractivity contribution in [3.8, 4) is 11.5 Å². The van der Waals surface area contributed by atoms with Crippen LogP contribution in [-0.2, 0) is 9.59 Å². The fraction of sp³-hybridized carbons (Fsp3) is 0.389. The number of likely N-dealkylation sites (tertiary alicyclic amines) is 1. The van der Waals surface area contributed by atoms with Crippen molar-refractivity contribution in [3.05, 3.63) is 36.4 Å². The molecule has 0 aliphatic carbocycles. The van der Waals surface area contributed by atoms with E-state index in [2.05, 4.69) is 17.1 Å². The standard InChI is InChI=1S/C18H23N3O4/c1-3-11-25-15-8-7-14(12-16(15)24-4-2)13-19-20-17(22)18(23)21-9-5-6-10-21/h3,7-8,12-13H,1,4-6,9-11H2,2H3,(H,20,22). The first-order valence-corrected chi connectivity index (χ1v) is 8.28. The molecule has 1 fully saturated rings. The minimum Gasteiger partial charge on any atom is -0.490 e. The summed E-state index contributed by atoms with van der Waals surface area (Å²) in [5, 5.41) is 3.84. The number of carbonyl (C=O) groups excluding carboxylic acids is 2. The van der Waals surface area contributed by atoms with Gasteiger partial charge >= 0.3 is 11.8 Å². The molecular formula is C18H23N3O4. The average Bonchev–Trinajstić information content (AvgIpc) is 3.15. The summed E-state index contributed by atoms with van der Waals surface area (Å²) in [5.41, 5.74) is 2.97. The van der Waals surface area contributed by atoms with Gasteiger partial charge in [-0.3, -0.25) is 9.59 Å². The van der Waals surface area contributed by atoms with Crippen molar-refractivity contribution in [1.29, 1.82) is 0 Å². The first-order valence-electron chi connectivity index (χ1n) is 8.28. The van der Waals surface area contributed by atoms with Crippen LogP contribution in [0.25, 0.3) is 0 Å². The molecule has 1 saturated heterocycles.